The molecule has 0 heterocycles. The maximum Gasteiger partial charge on any atom is 0.319 e. The van der Waals surface area contributed by atoms with Gasteiger partial charge in [-0.1, -0.05) is 54.6 Å². The van der Waals surface area contributed by atoms with Crippen molar-refractivity contribution in [3.05, 3.63) is 101 Å². The van der Waals surface area contributed by atoms with Gasteiger partial charge in [0.25, 0.3) is 0 Å². The first kappa shape index (κ1) is 17.8. The van der Waals surface area contributed by atoms with Crippen LogP contribution in [0.4, 0.5) is 10.5 Å². The van der Waals surface area contributed by atoms with Crippen LogP contribution in [0.15, 0.2) is 78.9 Å². The topological polar surface area (TPSA) is 64.9 Å². The summed E-state index contributed by atoms with van der Waals surface area (Å²) in [5.41, 5.74) is 4.28. The zero-order chi connectivity index (χ0) is 19.6. The fraction of sp³-hybridized carbons (Fsp3) is 0.167. The number of fused-ring (bicyclic) bond motifs is 1. The van der Waals surface area contributed by atoms with Gasteiger partial charge < -0.3 is 10.6 Å². The zero-order valence-corrected chi connectivity index (χ0v) is 15.6. The fourth-order valence-electron chi connectivity index (χ4n) is 4.19. The zero-order valence-electron chi connectivity index (χ0n) is 15.6. The standard InChI is InChI=1S/C24H21N3O/c1-24(27-23(28)26-20-10-6-3-7-11-20)15-19-13-12-17(16-25)14-21(19)22(24)18-8-4-2-5-9-18/h2-14,22H,15H2,1H3,(H2,26,27,28)/t22-,24+/m1/s1. The van der Waals surface area contributed by atoms with Crippen LogP contribution < -0.4 is 10.6 Å². The number of benzene rings is 3. The second-order valence-corrected chi connectivity index (χ2v) is 7.41. The summed E-state index contributed by atoms with van der Waals surface area (Å²) in [5.74, 6) is -0.0291. The van der Waals surface area contributed by atoms with Crippen molar-refractivity contribution in [3.8, 4) is 6.07 Å². The summed E-state index contributed by atoms with van der Waals surface area (Å²) in [4.78, 5) is 12.8. The average molecular weight is 367 g/mol. The highest BCUT2D eigenvalue weighted by molar-refractivity contribution is 5.90. The maximum absolute atomic E-state index is 12.8. The number of rotatable bonds is 3. The van der Waals surface area contributed by atoms with Crippen LogP contribution in [0.3, 0.4) is 0 Å². The number of amides is 2. The van der Waals surface area contributed by atoms with E-state index in [-0.39, 0.29) is 11.9 Å². The Balaban J connectivity index is 1.68. The molecule has 2 N–H and O–H groups in total. The first-order valence-electron chi connectivity index (χ1n) is 9.31. The number of hydrogen-bond acceptors (Lipinski definition) is 2. The molecule has 0 saturated carbocycles. The maximum atomic E-state index is 12.8. The lowest BCUT2D eigenvalue weighted by molar-refractivity contribution is 0.237. The van der Waals surface area contributed by atoms with Crippen LogP contribution in [-0.2, 0) is 6.42 Å². The van der Waals surface area contributed by atoms with E-state index in [9.17, 15) is 10.1 Å². The van der Waals surface area contributed by atoms with Crippen molar-refractivity contribution < 1.29 is 4.79 Å². The Kier molecular flexibility index (Phi) is 4.58. The Bertz CT molecular complexity index is 1040. The summed E-state index contributed by atoms with van der Waals surface area (Å²) >= 11 is 0. The van der Waals surface area contributed by atoms with Crippen molar-refractivity contribution in [3.63, 3.8) is 0 Å². The van der Waals surface area contributed by atoms with Crippen LogP contribution in [-0.4, -0.2) is 11.6 Å². The molecule has 3 aromatic carbocycles. The molecule has 4 heteroatoms. The third kappa shape index (κ3) is 3.35. The van der Waals surface area contributed by atoms with E-state index in [4.69, 9.17) is 0 Å². The number of para-hydroxylation sites is 1. The molecule has 4 nitrogen and oxygen atoms in total. The van der Waals surface area contributed by atoms with Crippen molar-refractivity contribution in [1.82, 2.24) is 5.32 Å². The van der Waals surface area contributed by atoms with E-state index in [2.05, 4.69) is 35.8 Å². The Morgan fingerprint density at radius 3 is 2.39 bits per heavy atom. The highest BCUT2D eigenvalue weighted by Crippen LogP contribution is 2.45. The van der Waals surface area contributed by atoms with Gasteiger partial charge in [0.15, 0.2) is 0 Å². The van der Waals surface area contributed by atoms with Crippen molar-refractivity contribution in [1.29, 1.82) is 5.26 Å². The first-order valence-corrected chi connectivity index (χ1v) is 9.31. The number of nitrogens with zero attached hydrogens (tertiary/aromatic N) is 1. The van der Waals surface area contributed by atoms with Gasteiger partial charge in [-0.25, -0.2) is 4.79 Å². The molecule has 0 bridgehead atoms. The molecular weight excluding hydrogens is 346 g/mol. The molecule has 4 rings (SSSR count). The number of nitriles is 1. The van der Waals surface area contributed by atoms with Crippen molar-refractivity contribution in [2.45, 2.75) is 24.8 Å². The first-order chi connectivity index (χ1) is 13.6. The fourth-order valence-corrected chi connectivity index (χ4v) is 4.19. The highest BCUT2D eigenvalue weighted by atomic mass is 16.2. The van der Waals surface area contributed by atoms with Gasteiger partial charge >= 0.3 is 6.03 Å². The van der Waals surface area contributed by atoms with Gasteiger partial charge in [0.05, 0.1) is 17.2 Å². The largest absolute Gasteiger partial charge is 0.331 e. The number of urea groups is 1. The summed E-state index contributed by atoms with van der Waals surface area (Å²) in [6.07, 6.45) is 0.704. The van der Waals surface area contributed by atoms with Crippen LogP contribution in [0.5, 0.6) is 0 Å². The van der Waals surface area contributed by atoms with Gasteiger partial charge in [-0.2, -0.15) is 5.26 Å². The lowest BCUT2D eigenvalue weighted by Crippen LogP contribution is -2.51. The van der Waals surface area contributed by atoms with Crippen LogP contribution in [0, 0.1) is 11.3 Å². The van der Waals surface area contributed by atoms with Crippen molar-refractivity contribution in [2.24, 2.45) is 0 Å². The van der Waals surface area contributed by atoms with E-state index in [1.165, 1.54) is 0 Å². The lowest BCUT2D eigenvalue weighted by Gasteiger charge is -2.33. The molecule has 3 aromatic rings. The number of anilines is 1. The van der Waals surface area contributed by atoms with Crippen LogP contribution in [0.1, 0.15) is 35.1 Å². The van der Waals surface area contributed by atoms with E-state index in [0.717, 1.165) is 22.4 Å². The Morgan fingerprint density at radius 1 is 1.04 bits per heavy atom. The van der Waals surface area contributed by atoms with Crippen LogP contribution in [0.25, 0.3) is 0 Å². The third-order valence-electron chi connectivity index (χ3n) is 5.34. The molecule has 28 heavy (non-hydrogen) atoms. The van der Waals surface area contributed by atoms with Crippen LogP contribution in [0.2, 0.25) is 0 Å². The predicted octanol–water partition coefficient (Wildman–Crippen LogP) is 4.83. The van der Waals surface area contributed by atoms with Gasteiger partial charge in [-0.3, -0.25) is 0 Å². The summed E-state index contributed by atoms with van der Waals surface area (Å²) < 4.78 is 0. The highest BCUT2D eigenvalue weighted by Gasteiger charge is 2.44. The van der Waals surface area contributed by atoms with Gasteiger partial charge in [0.1, 0.15) is 0 Å². The molecule has 2 atom stereocenters. The molecule has 1 aliphatic carbocycles. The molecule has 0 saturated heterocycles. The van der Waals surface area contributed by atoms with E-state index in [1.54, 1.807) is 0 Å². The van der Waals surface area contributed by atoms with Crippen molar-refractivity contribution in [2.75, 3.05) is 5.32 Å². The number of carbonyl (C=O) groups excluding carboxylic acids is 1. The summed E-state index contributed by atoms with van der Waals surface area (Å²) in [5, 5.41) is 15.5. The average Bonchev–Trinajstić information content (AvgIpc) is 2.99. The molecule has 0 unspecified atom stereocenters. The summed E-state index contributed by atoms with van der Waals surface area (Å²) in [6.45, 7) is 2.07. The van der Waals surface area contributed by atoms with E-state index >= 15 is 0 Å². The normalized spacial score (nSPS) is 20.1. The van der Waals surface area contributed by atoms with Crippen LogP contribution >= 0.6 is 0 Å². The second kappa shape index (κ2) is 7.21. The molecule has 0 spiro atoms. The number of nitrogens with one attached hydrogen (secondary N) is 2. The lowest BCUT2D eigenvalue weighted by atomic mass is 9.81. The minimum Gasteiger partial charge on any atom is -0.331 e. The van der Waals surface area contributed by atoms with E-state index in [0.29, 0.717) is 12.0 Å². The Hall–Kier alpha value is -3.58. The van der Waals surface area contributed by atoms with Gasteiger partial charge in [-0.15, -0.1) is 0 Å². The van der Waals surface area contributed by atoms with E-state index < -0.39 is 5.54 Å². The number of hydrogen-bond donors (Lipinski definition) is 2. The molecule has 1 aliphatic rings. The number of carbonyl (C=O) groups is 1. The Morgan fingerprint density at radius 2 is 1.71 bits per heavy atom. The molecule has 138 valence electrons. The monoisotopic (exact) mass is 367 g/mol. The molecule has 0 aromatic heterocycles. The molecule has 0 aliphatic heterocycles. The summed E-state index contributed by atoms with van der Waals surface area (Å²) in [6, 6.07) is 27.4. The second-order valence-electron chi connectivity index (χ2n) is 7.41. The van der Waals surface area contributed by atoms with E-state index in [1.807, 2.05) is 66.7 Å². The molecule has 0 fully saturated rings. The van der Waals surface area contributed by atoms with Gasteiger partial charge in [0, 0.05) is 11.6 Å². The third-order valence-corrected chi connectivity index (χ3v) is 5.34. The quantitative estimate of drug-likeness (QED) is 0.696. The van der Waals surface area contributed by atoms with Gasteiger partial charge in [0.2, 0.25) is 0 Å². The molecular formula is C24H21N3O. The van der Waals surface area contributed by atoms with Crippen molar-refractivity contribution >= 4 is 11.7 Å². The minimum absolute atomic E-state index is 0.0291. The van der Waals surface area contributed by atoms with Gasteiger partial charge in [-0.05, 0) is 54.3 Å². The summed E-state index contributed by atoms with van der Waals surface area (Å²) in [7, 11) is 0. The molecule has 0 radical (unpaired) electrons. The SMILES string of the molecule is C[C@]1(NC(=O)Nc2ccccc2)Cc2ccc(C#N)cc2[C@H]1c1ccccc1. The molecule has 2 amide bonds. The minimum atomic E-state index is -0.503. The smallest absolute Gasteiger partial charge is 0.319 e. The predicted molar refractivity (Wildman–Crippen MR) is 110 cm³/mol. The Labute approximate surface area is 164 Å².